The van der Waals surface area contributed by atoms with Gasteiger partial charge in [-0.25, -0.2) is 4.39 Å². The van der Waals surface area contributed by atoms with Crippen molar-refractivity contribution in [2.24, 2.45) is 0 Å². The highest BCUT2D eigenvalue weighted by Crippen LogP contribution is 2.24. The normalized spacial score (nSPS) is 12.4. The van der Waals surface area contributed by atoms with Crippen LogP contribution in [0.25, 0.3) is 0 Å². The minimum Gasteiger partial charge on any atom is -0.384 e. The molecular formula is C12H11FN2O. The van der Waals surface area contributed by atoms with E-state index in [1.165, 1.54) is 24.5 Å². The molecule has 0 aliphatic rings. The van der Waals surface area contributed by atoms with Crippen molar-refractivity contribution >= 4 is 0 Å². The molecule has 0 radical (unpaired) electrons. The average Bonchev–Trinajstić information content (AvgIpc) is 2.29. The first-order valence-corrected chi connectivity index (χ1v) is 4.89. The molecule has 1 N–H and O–H groups in total. The van der Waals surface area contributed by atoms with E-state index in [-0.39, 0.29) is 5.82 Å². The average molecular weight is 218 g/mol. The number of aliphatic hydroxyl groups is 1. The molecule has 3 nitrogen and oxygen atoms in total. The lowest BCUT2D eigenvalue weighted by Crippen LogP contribution is -2.03. The molecule has 0 saturated heterocycles. The molecule has 0 spiro atoms. The molecular weight excluding hydrogens is 207 g/mol. The van der Waals surface area contributed by atoms with Crippen LogP contribution in [-0.2, 0) is 0 Å². The Morgan fingerprint density at radius 1 is 1.25 bits per heavy atom. The fraction of sp³-hybridized carbons (Fsp3) is 0.167. The summed E-state index contributed by atoms with van der Waals surface area (Å²) in [6, 6.07) is 5.99. The van der Waals surface area contributed by atoms with Crippen molar-refractivity contribution in [3.63, 3.8) is 0 Å². The first-order valence-electron chi connectivity index (χ1n) is 4.89. The van der Waals surface area contributed by atoms with Gasteiger partial charge < -0.3 is 5.11 Å². The molecule has 1 aromatic carbocycles. The summed E-state index contributed by atoms with van der Waals surface area (Å²) in [5, 5.41) is 17.4. The molecule has 1 atom stereocenters. The summed E-state index contributed by atoms with van der Waals surface area (Å²) >= 11 is 0. The smallest absolute Gasteiger partial charge is 0.123 e. The van der Waals surface area contributed by atoms with Crippen molar-refractivity contribution in [2.45, 2.75) is 13.0 Å². The van der Waals surface area contributed by atoms with Gasteiger partial charge in [0, 0.05) is 11.8 Å². The van der Waals surface area contributed by atoms with Gasteiger partial charge in [-0.1, -0.05) is 6.07 Å². The number of hydrogen-bond donors (Lipinski definition) is 1. The maximum absolute atomic E-state index is 12.9. The predicted molar refractivity (Wildman–Crippen MR) is 57.2 cm³/mol. The van der Waals surface area contributed by atoms with E-state index < -0.39 is 6.10 Å². The van der Waals surface area contributed by atoms with Crippen LogP contribution in [-0.4, -0.2) is 15.3 Å². The van der Waals surface area contributed by atoms with E-state index in [4.69, 9.17) is 0 Å². The molecule has 4 heteroatoms. The number of rotatable bonds is 2. The number of halogens is 1. The largest absolute Gasteiger partial charge is 0.384 e. The Morgan fingerprint density at radius 3 is 2.69 bits per heavy atom. The van der Waals surface area contributed by atoms with Crippen molar-refractivity contribution in [1.82, 2.24) is 10.2 Å². The molecule has 16 heavy (non-hydrogen) atoms. The zero-order chi connectivity index (χ0) is 11.5. The highest BCUT2D eigenvalue weighted by molar-refractivity contribution is 5.34. The van der Waals surface area contributed by atoms with Crippen LogP contribution in [0.3, 0.4) is 0 Å². The van der Waals surface area contributed by atoms with Gasteiger partial charge in [0.2, 0.25) is 0 Å². The molecule has 1 unspecified atom stereocenters. The molecule has 0 aliphatic carbocycles. The van der Waals surface area contributed by atoms with Gasteiger partial charge in [-0.15, -0.1) is 0 Å². The van der Waals surface area contributed by atoms with Gasteiger partial charge in [0.1, 0.15) is 11.9 Å². The van der Waals surface area contributed by atoms with E-state index in [1.807, 2.05) is 0 Å². The van der Waals surface area contributed by atoms with Crippen molar-refractivity contribution in [3.05, 3.63) is 59.2 Å². The predicted octanol–water partition coefficient (Wildman–Crippen LogP) is 2.01. The lowest BCUT2D eigenvalue weighted by molar-refractivity contribution is 0.218. The lowest BCUT2D eigenvalue weighted by Gasteiger charge is -2.13. The zero-order valence-corrected chi connectivity index (χ0v) is 8.76. The summed E-state index contributed by atoms with van der Waals surface area (Å²) in [6.45, 7) is 1.76. The molecule has 2 aromatic rings. The number of hydrogen-bond acceptors (Lipinski definition) is 3. The Morgan fingerprint density at radius 2 is 2.06 bits per heavy atom. The van der Waals surface area contributed by atoms with Crippen LogP contribution in [0.5, 0.6) is 0 Å². The second-order valence-corrected chi connectivity index (χ2v) is 3.58. The minimum absolute atomic E-state index is 0.304. The van der Waals surface area contributed by atoms with Crippen LogP contribution in [0.1, 0.15) is 22.8 Å². The van der Waals surface area contributed by atoms with Gasteiger partial charge in [-0.3, -0.25) is 0 Å². The maximum atomic E-state index is 12.9. The lowest BCUT2D eigenvalue weighted by atomic mass is 9.99. The summed E-state index contributed by atoms with van der Waals surface area (Å²) in [5.41, 5.74) is 2.03. The van der Waals surface area contributed by atoms with Crippen molar-refractivity contribution in [3.8, 4) is 0 Å². The third-order valence-corrected chi connectivity index (χ3v) is 2.45. The van der Waals surface area contributed by atoms with E-state index in [1.54, 1.807) is 19.1 Å². The number of aliphatic hydroxyl groups excluding tert-OH is 1. The van der Waals surface area contributed by atoms with E-state index in [9.17, 15) is 9.50 Å². The molecule has 2 rings (SSSR count). The maximum Gasteiger partial charge on any atom is 0.123 e. The number of benzene rings is 1. The third kappa shape index (κ3) is 2.06. The molecule has 1 aromatic heterocycles. The Hall–Kier alpha value is -1.81. The van der Waals surface area contributed by atoms with Gasteiger partial charge in [0.25, 0.3) is 0 Å². The SMILES string of the molecule is Cc1cc(F)ccc1C(O)c1ccnnc1. The van der Waals surface area contributed by atoms with Crippen molar-refractivity contribution in [2.75, 3.05) is 0 Å². The molecule has 0 bridgehead atoms. The fourth-order valence-corrected chi connectivity index (χ4v) is 1.59. The first kappa shape index (κ1) is 10.7. The Kier molecular flexibility index (Phi) is 2.92. The summed E-state index contributed by atoms with van der Waals surface area (Å²) < 4.78 is 12.9. The van der Waals surface area contributed by atoms with E-state index >= 15 is 0 Å². The molecule has 0 fully saturated rings. The van der Waals surface area contributed by atoms with Gasteiger partial charge in [-0.2, -0.15) is 10.2 Å². The summed E-state index contributed by atoms with van der Waals surface area (Å²) in [5.74, 6) is -0.304. The van der Waals surface area contributed by atoms with E-state index in [0.29, 0.717) is 16.7 Å². The van der Waals surface area contributed by atoms with Crippen LogP contribution < -0.4 is 0 Å². The molecule has 0 aliphatic heterocycles. The van der Waals surface area contributed by atoms with Gasteiger partial charge in [0.05, 0.1) is 6.20 Å². The number of nitrogens with zero attached hydrogens (tertiary/aromatic N) is 2. The molecule has 0 amide bonds. The number of aryl methyl sites for hydroxylation is 1. The summed E-state index contributed by atoms with van der Waals surface area (Å²) in [7, 11) is 0. The third-order valence-electron chi connectivity index (χ3n) is 2.45. The fourth-order valence-electron chi connectivity index (χ4n) is 1.59. The summed E-state index contributed by atoms with van der Waals surface area (Å²) in [6.07, 6.45) is 2.21. The highest BCUT2D eigenvalue weighted by Gasteiger charge is 2.13. The van der Waals surface area contributed by atoms with E-state index in [0.717, 1.165) is 0 Å². The topological polar surface area (TPSA) is 46.0 Å². The van der Waals surface area contributed by atoms with Crippen molar-refractivity contribution < 1.29 is 9.50 Å². The Labute approximate surface area is 92.6 Å². The zero-order valence-electron chi connectivity index (χ0n) is 8.76. The van der Waals surface area contributed by atoms with Crippen molar-refractivity contribution in [1.29, 1.82) is 0 Å². The minimum atomic E-state index is -0.795. The Balaban J connectivity index is 2.38. The highest BCUT2D eigenvalue weighted by atomic mass is 19.1. The first-order chi connectivity index (χ1) is 7.68. The van der Waals surface area contributed by atoms with Gasteiger partial charge in [-0.05, 0) is 36.2 Å². The quantitative estimate of drug-likeness (QED) is 0.838. The standard InChI is InChI=1S/C12H11FN2O/c1-8-6-10(13)2-3-11(8)12(16)9-4-5-14-15-7-9/h2-7,12,16H,1H3. The monoisotopic (exact) mass is 218 g/mol. The number of aromatic nitrogens is 2. The van der Waals surface area contributed by atoms with Crippen LogP contribution >= 0.6 is 0 Å². The second-order valence-electron chi connectivity index (χ2n) is 3.58. The molecule has 0 saturated carbocycles. The van der Waals surface area contributed by atoms with Crippen LogP contribution in [0.15, 0.2) is 36.7 Å². The van der Waals surface area contributed by atoms with Gasteiger partial charge >= 0.3 is 0 Å². The second kappa shape index (κ2) is 4.37. The van der Waals surface area contributed by atoms with Crippen LogP contribution in [0.4, 0.5) is 4.39 Å². The Bertz CT molecular complexity index is 488. The van der Waals surface area contributed by atoms with Crippen LogP contribution in [0.2, 0.25) is 0 Å². The van der Waals surface area contributed by atoms with Crippen LogP contribution in [0, 0.1) is 12.7 Å². The molecule has 82 valence electrons. The molecule has 1 heterocycles. The van der Waals surface area contributed by atoms with Gasteiger partial charge in [0.15, 0.2) is 0 Å². The summed E-state index contributed by atoms with van der Waals surface area (Å²) in [4.78, 5) is 0. The van der Waals surface area contributed by atoms with E-state index in [2.05, 4.69) is 10.2 Å².